The quantitative estimate of drug-likeness (QED) is 0.804. The van der Waals surface area contributed by atoms with Crippen molar-refractivity contribution < 1.29 is 9.53 Å². The van der Waals surface area contributed by atoms with Crippen LogP contribution in [0, 0.1) is 0 Å². The fourth-order valence-electron chi connectivity index (χ4n) is 2.28. The number of benzene rings is 1. The molecule has 0 bridgehead atoms. The third-order valence-corrected chi connectivity index (χ3v) is 3.38. The summed E-state index contributed by atoms with van der Waals surface area (Å²) in [7, 11) is 0. The summed E-state index contributed by atoms with van der Waals surface area (Å²) in [6.07, 6.45) is -0.246. The summed E-state index contributed by atoms with van der Waals surface area (Å²) >= 11 is 0. The van der Waals surface area contributed by atoms with E-state index >= 15 is 0 Å². The van der Waals surface area contributed by atoms with Crippen LogP contribution in [0.4, 0.5) is 4.79 Å². The van der Waals surface area contributed by atoms with E-state index in [9.17, 15) is 4.79 Å². The van der Waals surface area contributed by atoms with Crippen LogP contribution in [0.25, 0.3) is 0 Å². The Labute approximate surface area is 108 Å². The lowest BCUT2D eigenvalue weighted by molar-refractivity contribution is 0.0823. The van der Waals surface area contributed by atoms with Gasteiger partial charge >= 0.3 is 6.09 Å². The standard InChI is InChI=1S/C14H20N2O2/c1-3-15-9-10-16(11-12(15)2)14(17)18-13-7-5-4-6-8-13/h4-8,12H,3,9-11H2,1-2H3. The molecule has 1 fully saturated rings. The molecule has 4 nitrogen and oxygen atoms in total. The van der Waals surface area contributed by atoms with Crippen molar-refractivity contribution >= 4 is 6.09 Å². The van der Waals surface area contributed by atoms with E-state index in [1.807, 2.05) is 18.2 Å². The summed E-state index contributed by atoms with van der Waals surface area (Å²) in [6, 6.07) is 9.61. The minimum atomic E-state index is -0.246. The highest BCUT2D eigenvalue weighted by Crippen LogP contribution is 2.13. The molecule has 0 aliphatic carbocycles. The molecule has 18 heavy (non-hydrogen) atoms. The second kappa shape index (κ2) is 5.87. The Bertz CT molecular complexity index is 394. The van der Waals surface area contributed by atoms with Crippen molar-refractivity contribution in [2.45, 2.75) is 19.9 Å². The van der Waals surface area contributed by atoms with E-state index in [1.165, 1.54) is 0 Å². The number of hydrogen-bond acceptors (Lipinski definition) is 3. The van der Waals surface area contributed by atoms with Crippen molar-refractivity contribution in [3.05, 3.63) is 30.3 Å². The number of nitrogens with zero attached hydrogens (tertiary/aromatic N) is 2. The molecule has 1 aliphatic rings. The molecule has 0 aromatic heterocycles. The number of likely N-dealkylation sites (N-methyl/N-ethyl adjacent to an activating group) is 1. The van der Waals surface area contributed by atoms with Crippen LogP contribution >= 0.6 is 0 Å². The molecule has 1 unspecified atom stereocenters. The van der Waals surface area contributed by atoms with Gasteiger partial charge in [-0.25, -0.2) is 4.79 Å². The molecule has 0 saturated carbocycles. The molecule has 1 saturated heterocycles. The van der Waals surface area contributed by atoms with E-state index in [0.717, 1.165) is 26.2 Å². The maximum Gasteiger partial charge on any atom is 0.415 e. The normalized spacial score (nSPS) is 20.8. The zero-order valence-electron chi connectivity index (χ0n) is 11.0. The second-order valence-corrected chi connectivity index (χ2v) is 4.60. The molecule has 1 aromatic carbocycles. The lowest BCUT2D eigenvalue weighted by atomic mass is 10.2. The first-order valence-corrected chi connectivity index (χ1v) is 6.46. The second-order valence-electron chi connectivity index (χ2n) is 4.60. The van der Waals surface area contributed by atoms with Gasteiger partial charge in [-0.3, -0.25) is 4.90 Å². The first-order valence-electron chi connectivity index (χ1n) is 6.46. The third kappa shape index (κ3) is 3.01. The highest BCUT2D eigenvalue weighted by molar-refractivity contribution is 5.70. The Hall–Kier alpha value is -1.55. The van der Waals surface area contributed by atoms with Crippen LogP contribution in [-0.2, 0) is 0 Å². The summed E-state index contributed by atoms with van der Waals surface area (Å²) in [4.78, 5) is 16.1. The molecular weight excluding hydrogens is 228 g/mol. The predicted octanol–water partition coefficient (Wildman–Crippen LogP) is 2.21. The fourth-order valence-corrected chi connectivity index (χ4v) is 2.28. The van der Waals surface area contributed by atoms with Gasteiger partial charge in [-0.2, -0.15) is 0 Å². The summed E-state index contributed by atoms with van der Waals surface area (Å²) in [6.45, 7) is 7.72. The molecule has 1 aliphatic heterocycles. The summed E-state index contributed by atoms with van der Waals surface area (Å²) in [5, 5.41) is 0. The van der Waals surface area contributed by atoms with Gasteiger partial charge in [-0.1, -0.05) is 25.1 Å². The van der Waals surface area contributed by atoms with E-state index in [0.29, 0.717) is 11.8 Å². The van der Waals surface area contributed by atoms with Crippen LogP contribution in [0.1, 0.15) is 13.8 Å². The number of hydrogen-bond donors (Lipinski definition) is 0. The van der Waals surface area contributed by atoms with Crippen molar-refractivity contribution in [3.8, 4) is 5.75 Å². The smallest absolute Gasteiger partial charge is 0.410 e. The molecule has 0 spiro atoms. The van der Waals surface area contributed by atoms with E-state index < -0.39 is 0 Å². The van der Waals surface area contributed by atoms with E-state index in [1.54, 1.807) is 17.0 Å². The molecule has 1 atom stereocenters. The highest BCUT2D eigenvalue weighted by Gasteiger charge is 2.26. The van der Waals surface area contributed by atoms with Crippen LogP contribution in [0.15, 0.2) is 30.3 Å². The zero-order valence-corrected chi connectivity index (χ0v) is 11.0. The fraction of sp³-hybridized carbons (Fsp3) is 0.500. The van der Waals surface area contributed by atoms with Gasteiger partial charge in [0, 0.05) is 25.7 Å². The largest absolute Gasteiger partial charge is 0.415 e. The van der Waals surface area contributed by atoms with Crippen molar-refractivity contribution in [1.29, 1.82) is 0 Å². The molecule has 1 heterocycles. The topological polar surface area (TPSA) is 32.8 Å². The number of carbonyl (C=O) groups is 1. The monoisotopic (exact) mass is 248 g/mol. The Balaban J connectivity index is 1.91. The molecule has 0 radical (unpaired) electrons. The van der Waals surface area contributed by atoms with Crippen LogP contribution in [-0.4, -0.2) is 48.1 Å². The lowest BCUT2D eigenvalue weighted by Crippen LogP contribution is -2.54. The Morgan fingerprint density at radius 3 is 2.67 bits per heavy atom. The van der Waals surface area contributed by atoms with Gasteiger partial charge in [0.25, 0.3) is 0 Å². The predicted molar refractivity (Wildman–Crippen MR) is 70.7 cm³/mol. The molecule has 2 rings (SSSR count). The minimum Gasteiger partial charge on any atom is -0.410 e. The number of piperazine rings is 1. The number of amides is 1. The summed E-state index contributed by atoms with van der Waals surface area (Å²) in [5.41, 5.74) is 0. The maximum atomic E-state index is 12.0. The Morgan fingerprint density at radius 1 is 1.33 bits per heavy atom. The lowest BCUT2D eigenvalue weighted by Gasteiger charge is -2.38. The average molecular weight is 248 g/mol. The van der Waals surface area contributed by atoms with Crippen LogP contribution in [0.3, 0.4) is 0 Å². The van der Waals surface area contributed by atoms with Crippen molar-refractivity contribution in [3.63, 3.8) is 0 Å². The highest BCUT2D eigenvalue weighted by atomic mass is 16.6. The van der Waals surface area contributed by atoms with Crippen molar-refractivity contribution in [2.24, 2.45) is 0 Å². The van der Waals surface area contributed by atoms with Gasteiger partial charge in [0.15, 0.2) is 0 Å². The average Bonchev–Trinajstić information content (AvgIpc) is 2.39. The minimum absolute atomic E-state index is 0.246. The number of ether oxygens (including phenoxy) is 1. The number of para-hydroxylation sites is 1. The third-order valence-electron chi connectivity index (χ3n) is 3.38. The van der Waals surface area contributed by atoms with E-state index in [4.69, 9.17) is 4.74 Å². The van der Waals surface area contributed by atoms with Crippen molar-refractivity contribution in [2.75, 3.05) is 26.2 Å². The molecule has 1 amide bonds. The van der Waals surface area contributed by atoms with Gasteiger partial charge in [0.1, 0.15) is 5.75 Å². The first kappa shape index (κ1) is 12.9. The SMILES string of the molecule is CCN1CCN(C(=O)Oc2ccccc2)CC1C. The van der Waals surface area contributed by atoms with Crippen LogP contribution in [0.2, 0.25) is 0 Å². The van der Waals surface area contributed by atoms with Gasteiger partial charge in [-0.15, -0.1) is 0 Å². The Kier molecular flexibility index (Phi) is 4.20. The number of carbonyl (C=O) groups excluding carboxylic acids is 1. The molecule has 98 valence electrons. The molecule has 1 aromatic rings. The molecule has 4 heteroatoms. The number of rotatable bonds is 2. The zero-order chi connectivity index (χ0) is 13.0. The van der Waals surface area contributed by atoms with Crippen molar-refractivity contribution in [1.82, 2.24) is 9.80 Å². The Morgan fingerprint density at radius 2 is 2.06 bits per heavy atom. The van der Waals surface area contributed by atoms with Crippen LogP contribution in [0.5, 0.6) is 5.75 Å². The van der Waals surface area contributed by atoms with Gasteiger partial charge < -0.3 is 9.64 Å². The van der Waals surface area contributed by atoms with Gasteiger partial charge in [0.2, 0.25) is 0 Å². The van der Waals surface area contributed by atoms with E-state index in [-0.39, 0.29) is 6.09 Å². The van der Waals surface area contributed by atoms with Gasteiger partial charge in [0.05, 0.1) is 0 Å². The summed E-state index contributed by atoms with van der Waals surface area (Å²) < 4.78 is 5.34. The van der Waals surface area contributed by atoms with Gasteiger partial charge in [-0.05, 0) is 25.6 Å². The maximum absolute atomic E-state index is 12.0. The van der Waals surface area contributed by atoms with E-state index in [2.05, 4.69) is 18.7 Å². The summed E-state index contributed by atoms with van der Waals surface area (Å²) in [5.74, 6) is 0.605. The molecule has 0 N–H and O–H groups in total. The molecular formula is C14H20N2O2. The first-order chi connectivity index (χ1) is 8.70. The van der Waals surface area contributed by atoms with Crippen LogP contribution < -0.4 is 4.74 Å².